The van der Waals surface area contributed by atoms with E-state index in [1.165, 1.54) is 0 Å². The molecule has 1 fully saturated rings. The van der Waals surface area contributed by atoms with Crippen molar-refractivity contribution in [2.45, 2.75) is 32.2 Å². The van der Waals surface area contributed by atoms with Crippen LogP contribution in [0.3, 0.4) is 0 Å². The van der Waals surface area contributed by atoms with E-state index in [1.807, 2.05) is 6.92 Å². The van der Waals surface area contributed by atoms with Crippen LogP contribution in [0.5, 0.6) is 0 Å². The Hall–Kier alpha value is -1.30. The molecule has 1 saturated heterocycles. The van der Waals surface area contributed by atoms with Crippen LogP contribution < -0.4 is 5.32 Å². The van der Waals surface area contributed by atoms with E-state index >= 15 is 0 Å². The molecule has 0 aromatic heterocycles. The average molecular weight is 271 g/mol. The van der Waals surface area contributed by atoms with Crippen molar-refractivity contribution < 1.29 is 14.3 Å². The number of carbonyl (C=O) groups excluding carboxylic acids is 2. The summed E-state index contributed by atoms with van der Waals surface area (Å²) in [5, 5.41) is 3.37. The van der Waals surface area contributed by atoms with Gasteiger partial charge in [0.05, 0.1) is 6.61 Å². The number of ether oxygens (including phenoxy) is 1. The van der Waals surface area contributed by atoms with Crippen LogP contribution in [0.4, 0.5) is 4.79 Å². The van der Waals surface area contributed by atoms with Crippen molar-refractivity contribution in [1.29, 1.82) is 0 Å². The highest BCUT2D eigenvalue weighted by Gasteiger charge is 2.23. The summed E-state index contributed by atoms with van der Waals surface area (Å²) in [5.74, 6) is 0.136. The number of hydrogen-bond acceptors (Lipinski definition) is 4. The molecule has 0 aromatic carbocycles. The number of nitrogens with zero attached hydrogens (tertiary/aromatic N) is 2. The van der Waals surface area contributed by atoms with E-state index in [9.17, 15) is 9.59 Å². The van der Waals surface area contributed by atoms with Crippen LogP contribution in [0.1, 0.15) is 26.2 Å². The van der Waals surface area contributed by atoms with Gasteiger partial charge >= 0.3 is 6.09 Å². The third-order valence-corrected chi connectivity index (χ3v) is 3.29. The standard InChI is InChI=1S/C13H25N3O3/c1-4-19-13(18)16-9-6-11(7-10-16)14-8-5-12(17)15(2)3/h11,14H,4-10H2,1-3H3. The Labute approximate surface area is 115 Å². The van der Waals surface area contributed by atoms with Gasteiger partial charge in [-0.1, -0.05) is 0 Å². The minimum atomic E-state index is -0.219. The van der Waals surface area contributed by atoms with E-state index in [0.29, 0.717) is 25.6 Å². The average Bonchev–Trinajstić information content (AvgIpc) is 2.39. The van der Waals surface area contributed by atoms with Gasteiger partial charge in [-0.2, -0.15) is 0 Å². The first-order valence-electron chi connectivity index (χ1n) is 6.89. The molecule has 1 aliphatic rings. The van der Waals surface area contributed by atoms with Crippen LogP contribution >= 0.6 is 0 Å². The molecular weight excluding hydrogens is 246 g/mol. The fourth-order valence-electron chi connectivity index (χ4n) is 2.09. The molecule has 110 valence electrons. The van der Waals surface area contributed by atoms with Crippen molar-refractivity contribution in [1.82, 2.24) is 15.1 Å². The van der Waals surface area contributed by atoms with Gasteiger partial charge in [-0.05, 0) is 19.8 Å². The van der Waals surface area contributed by atoms with Gasteiger partial charge in [0.15, 0.2) is 0 Å². The van der Waals surface area contributed by atoms with Gasteiger partial charge in [0.1, 0.15) is 0 Å². The highest BCUT2D eigenvalue weighted by Crippen LogP contribution is 2.11. The van der Waals surface area contributed by atoms with Crippen LogP contribution in [0.15, 0.2) is 0 Å². The molecule has 19 heavy (non-hydrogen) atoms. The van der Waals surface area contributed by atoms with Gasteiger partial charge in [-0.15, -0.1) is 0 Å². The fourth-order valence-corrected chi connectivity index (χ4v) is 2.09. The maximum atomic E-state index is 11.5. The van der Waals surface area contributed by atoms with E-state index in [4.69, 9.17) is 4.74 Å². The van der Waals surface area contributed by atoms with Crippen molar-refractivity contribution >= 4 is 12.0 Å². The van der Waals surface area contributed by atoms with Gasteiger partial charge in [0, 0.05) is 46.2 Å². The van der Waals surface area contributed by atoms with Crippen LogP contribution in [0, 0.1) is 0 Å². The molecule has 0 spiro atoms. The third-order valence-electron chi connectivity index (χ3n) is 3.29. The van der Waals surface area contributed by atoms with E-state index in [1.54, 1.807) is 23.9 Å². The zero-order valence-corrected chi connectivity index (χ0v) is 12.1. The molecule has 6 heteroatoms. The highest BCUT2D eigenvalue weighted by atomic mass is 16.6. The maximum absolute atomic E-state index is 11.5. The quantitative estimate of drug-likeness (QED) is 0.798. The van der Waals surface area contributed by atoms with Gasteiger partial charge in [0.2, 0.25) is 5.91 Å². The maximum Gasteiger partial charge on any atom is 0.409 e. The van der Waals surface area contributed by atoms with Gasteiger partial charge in [0.25, 0.3) is 0 Å². The minimum Gasteiger partial charge on any atom is -0.450 e. The van der Waals surface area contributed by atoms with E-state index in [-0.39, 0.29) is 12.0 Å². The molecule has 0 atom stereocenters. The molecule has 0 bridgehead atoms. The molecule has 2 amide bonds. The third kappa shape index (κ3) is 5.46. The van der Waals surface area contributed by atoms with Crippen LogP contribution in [-0.4, -0.2) is 68.2 Å². The zero-order valence-electron chi connectivity index (χ0n) is 12.1. The summed E-state index contributed by atoms with van der Waals surface area (Å²) in [6, 6.07) is 0.389. The van der Waals surface area contributed by atoms with Gasteiger partial charge in [-0.25, -0.2) is 4.79 Å². The van der Waals surface area contributed by atoms with Crippen molar-refractivity contribution in [2.75, 3.05) is 40.3 Å². The van der Waals surface area contributed by atoms with Crippen LogP contribution in [0.2, 0.25) is 0 Å². The van der Waals surface area contributed by atoms with Crippen molar-refractivity contribution in [3.63, 3.8) is 0 Å². The Morgan fingerprint density at radius 1 is 1.32 bits per heavy atom. The number of nitrogens with one attached hydrogen (secondary N) is 1. The number of rotatable bonds is 5. The lowest BCUT2D eigenvalue weighted by atomic mass is 10.1. The summed E-state index contributed by atoms with van der Waals surface area (Å²) in [7, 11) is 3.53. The first kappa shape index (κ1) is 15.8. The molecule has 0 unspecified atom stereocenters. The molecule has 1 N–H and O–H groups in total. The van der Waals surface area contributed by atoms with Gasteiger partial charge < -0.3 is 19.9 Å². The molecule has 0 saturated carbocycles. The minimum absolute atomic E-state index is 0.136. The Balaban J connectivity index is 2.16. The number of likely N-dealkylation sites (tertiary alicyclic amines) is 1. The smallest absolute Gasteiger partial charge is 0.409 e. The number of piperidine rings is 1. The van der Waals surface area contributed by atoms with E-state index < -0.39 is 0 Å². The summed E-state index contributed by atoms with van der Waals surface area (Å²) in [4.78, 5) is 26.3. The molecule has 1 heterocycles. The first-order valence-corrected chi connectivity index (χ1v) is 6.89. The van der Waals surface area contributed by atoms with Gasteiger partial charge in [-0.3, -0.25) is 4.79 Å². The van der Waals surface area contributed by atoms with Crippen molar-refractivity contribution in [2.24, 2.45) is 0 Å². The molecule has 1 aliphatic heterocycles. The summed E-state index contributed by atoms with van der Waals surface area (Å²) in [6.45, 7) is 4.37. The Morgan fingerprint density at radius 3 is 2.47 bits per heavy atom. The normalized spacial score (nSPS) is 16.3. The summed E-state index contributed by atoms with van der Waals surface area (Å²) < 4.78 is 4.97. The highest BCUT2D eigenvalue weighted by molar-refractivity contribution is 5.75. The summed E-state index contributed by atoms with van der Waals surface area (Å²) in [5.41, 5.74) is 0. The molecule has 0 aliphatic carbocycles. The molecule has 0 aromatic rings. The monoisotopic (exact) mass is 271 g/mol. The molecular formula is C13H25N3O3. The fraction of sp³-hybridized carbons (Fsp3) is 0.846. The van der Waals surface area contributed by atoms with Crippen molar-refractivity contribution in [3.8, 4) is 0 Å². The summed E-state index contributed by atoms with van der Waals surface area (Å²) >= 11 is 0. The first-order chi connectivity index (χ1) is 9.04. The predicted molar refractivity (Wildman–Crippen MR) is 72.9 cm³/mol. The van der Waals surface area contributed by atoms with Crippen LogP contribution in [-0.2, 0) is 9.53 Å². The van der Waals surface area contributed by atoms with Crippen molar-refractivity contribution in [3.05, 3.63) is 0 Å². The van der Waals surface area contributed by atoms with E-state index in [0.717, 1.165) is 25.9 Å². The molecule has 0 radical (unpaired) electrons. The summed E-state index contributed by atoms with van der Waals surface area (Å²) in [6.07, 6.45) is 2.12. The second-order valence-electron chi connectivity index (χ2n) is 4.95. The Kier molecular flexibility index (Phi) is 6.62. The van der Waals surface area contributed by atoms with Crippen LogP contribution in [0.25, 0.3) is 0 Å². The number of carbonyl (C=O) groups is 2. The van der Waals surface area contributed by atoms with E-state index in [2.05, 4.69) is 5.32 Å². The Morgan fingerprint density at radius 2 is 1.95 bits per heavy atom. The number of amides is 2. The lowest BCUT2D eigenvalue weighted by Crippen LogP contribution is -2.45. The topological polar surface area (TPSA) is 61.9 Å². The molecule has 6 nitrogen and oxygen atoms in total. The second kappa shape index (κ2) is 7.99. The second-order valence-corrected chi connectivity index (χ2v) is 4.95. The predicted octanol–water partition coefficient (Wildman–Crippen LogP) is 0.675. The largest absolute Gasteiger partial charge is 0.450 e. The zero-order chi connectivity index (χ0) is 14.3. The lowest BCUT2D eigenvalue weighted by Gasteiger charge is -2.31. The SMILES string of the molecule is CCOC(=O)N1CCC(NCCC(=O)N(C)C)CC1. The number of hydrogen-bond donors (Lipinski definition) is 1. The lowest BCUT2D eigenvalue weighted by molar-refractivity contribution is -0.128. The Bertz CT molecular complexity index is 300. The molecule has 1 rings (SSSR count).